The zero-order valence-corrected chi connectivity index (χ0v) is 14.5. The highest BCUT2D eigenvalue weighted by molar-refractivity contribution is 7.89. The number of nitrogens with one attached hydrogen (secondary N) is 1. The Morgan fingerprint density at radius 3 is 2.88 bits per heavy atom. The van der Waals surface area contributed by atoms with Crippen LogP contribution in [0.2, 0.25) is 5.02 Å². The van der Waals surface area contributed by atoms with Crippen LogP contribution in [0, 0.1) is 0 Å². The Morgan fingerprint density at radius 1 is 1.38 bits per heavy atom. The molecule has 0 fully saturated rings. The minimum absolute atomic E-state index is 0.0453. The van der Waals surface area contributed by atoms with Crippen LogP contribution >= 0.6 is 11.6 Å². The number of carbonyl (C=O) groups is 1. The van der Waals surface area contributed by atoms with E-state index in [-0.39, 0.29) is 22.4 Å². The lowest BCUT2D eigenvalue weighted by molar-refractivity contribution is -0.116. The van der Waals surface area contributed by atoms with Gasteiger partial charge in [-0.2, -0.15) is 4.31 Å². The maximum Gasteiger partial charge on any atom is 0.244 e. The van der Waals surface area contributed by atoms with Gasteiger partial charge < -0.3 is 9.84 Å². The van der Waals surface area contributed by atoms with Gasteiger partial charge in [-0.15, -0.1) is 0 Å². The number of rotatable bonds is 4. The van der Waals surface area contributed by atoms with Crippen LogP contribution < -0.4 is 5.32 Å². The van der Waals surface area contributed by atoms with Gasteiger partial charge in [-0.1, -0.05) is 16.8 Å². The maximum atomic E-state index is 12.8. The number of carbonyl (C=O) groups excluding carboxylic acids is 1. The Hall–Kier alpha value is -1.90. The summed E-state index contributed by atoms with van der Waals surface area (Å²) in [6.07, 6.45) is 3.15. The van der Waals surface area contributed by atoms with Gasteiger partial charge in [0.05, 0.1) is 17.3 Å². The standard InChI is InChI=1S/C15H16ClN3O4S/c1-19(9-11-5-6-23-18-11)24(21,22)14-8-13-10(7-12(14)16)3-2-4-15(20)17-13/h5-8H,2-4,9H2,1H3,(H,17,20). The molecule has 0 saturated heterocycles. The molecule has 2 heterocycles. The third kappa shape index (κ3) is 3.31. The lowest BCUT2D eigenvalue weighted by atomic mass is 10.1. The van der Waals surface area contributed by atoms with Crippen molar-refractivity contribution in [1.82, 2.24) is 9.46 Å². The van der Waals surface area contributed by atoms with E-state index >= 15 is 0 Å². The fourth-order valence-electron chi connectivity index (χ4n) is 2.57. The molecular weight excluding hydrogens is 354 g/mol. The molecule has 1 aliphatic heterocycles. The fourth-order valence-corrected chi connectivity index (χ4v) is 4.26. The smallest absolute Gasteiger partial charge is 0.244 e. The number of anilines is 1. The first kappa shape index (κ1) is 16.9. The van der Waals surface area contributed by atoms with E-state index in [1.807, 2.05) is 0 Å². The van der Waals surface area contributed by atoms with Crippen LogP contribution in [0.3, 0.4) is 0 Å². The second-order valence-corrected chi connectivity index (χ2v) is 8.01. The molecule has 7 nitrogen and oxygen atoms in total. The monoisotopic (exact) mass is 369 g/mol. The van der Waals surface area contributed by atoms with E-state index in [0.29, 0.717) is 30.6 Å². The maximum absolute atomic E-state index is 12.8. The Balaban J connectivity index is 1.97. The van der Waals surface area contributed by atoms with Crippen molar-refractivity contribution in [1.29, 1.82) is 0 Å². The van der Waals surface area contributed by atoms with E-state index in [1.54, 1.807) is 12.1 Å². The topological polar surface area (TPSA) is 92.5 Å². The second-order valence-electron chi connectivity index (χ2n) is 5.59. The normalized spacial score (nSPS) is 15.0. The van der Waals surface area contributed by atoms with Crippen LogP contribution in [0.15, 0.2) is 33.9 Å². The second kappa shape index (κ2) is 6.54. The molecular formula is C15H16ClN3O4S. The number of hydrogen-bond donors (Lipinski definition) is 1. The molecule has 0 atom stereocenters. The Morgan fingerprint density at radius 2 is 2.17 bits per heavy atom. The first-order chi connectivity index (χ1) is 11.4. The predicted molar refractivity (Wildman–Crippen MR) is 88.2 cm³/mol. The Labute approximate surface area is 144 Å². The third-order valence-corrected chi connectivity index (χ3v) is 6.11. The molecule has 1 N–H and O–H groups in total. The zero-order valence-electron chi connectivity index (χ0n) is 13.0. The van der Waals surface area contributed by atoms with E-state index in [1.165, 1.54) is 19.4 Å². The van der Waals surface area contributed by atoms with Gasteiger partial charge in [0.25, 0.3) is 0 Å². The summed E-state index contributed by atoms with van der Waals surface area (Å²) < 4.78 is 31.5. The van der Waals surface area contributed by atoms with Crippen molar-refractivity contribution < 1.29 is 17.7 Å². The highest BCUT2D eigenvalue weighted by Gasteiger charge is 2.27. The first-order valence-corrected chi connectivity index (χ1v) is 9.17. The molecule has 3 rings (SSSR count). The molecule has 1 amide bonds. The summed E-state index contributed by atoms with van der Waals surface area (Å²) in [6, 6.07) is 4.62. The molecule has 2 aromatic rings. The summed E-state index contributed by atoms with van der Waals surface area (Å²) in [5.41, 5.74) is 1.82. The van der Waals surface area contributed by atoms with Gasteiger partial charge in [-0.25, -0.2) is 8.42 Å². The fraction of sp³-hybridized carbons (Fsp3) is 0.333. The van der Waals surface area contributed by atoms with E-state index in [2.05, 4.69) is 10.5 Å². The number of benzene rings is 1. The number of amides is 1. The Kier molecular flexibility index (Phi) is 4.62. The van der Waals surface area contributed by atoms with E-state index in [9.17, 15) is 13.2 Å². The minimum atomic E-state index is -3.84. The summed E-state index contributed by atoms with van der Waals surface area (Å²) in [7, 11) is -2.41. The number of aryl methyl sites for hydroxylation is 1. The summed E-state index contributed by atoms with van der Waals surface area (Å²) in [5, 5.41) is 6.58. The van der Waals surface area contributed by atoms with Gasteiger partial charge in [0.1, 0.15) is 11.2 Å². The summed E-state index contributed by atoms with van der Waals surface area (Å²) in [5.74, 6) is -0.129. The lowest BCUT2D eigenvalue weighted by Crippen LogP contribution is -2.27. The highest BCUT2D eigenvalue weighted by Crippen LogP contribution is 2.33. The highest BCUT2D eigenvalue weighted by atomic mass is 35.5. The lowest BCUT2D eigenvalue weighted by Gasteiger charge is -2.18. The molecule has 0 spiro atoms. The molecule has 9 heteroatoms. The van der Waals surface area contributed by atoms with Gasteiger partial charge in [-0.3, -0.25) is 4.79 Å². The molecule has 0 aliphatic carbocycles. The van der Waals surface area contributed by atoms with E-state index in [4.69, 9.17) is 16.1 Å². The Bertz CT molecular complexity index is 865. The largest absolute Gasteiger partial charge is 0.364 e. The molecule has 128 valence electrons. The first-order valence-electron chi connectivity index (χ1n) is 7.36. The van der Waals surface area contributed by atoms with Gasteiger partial charge in [0.2, 0.25) is 15.9 Å². The van der Waals surface area contributed by atoms with Crippen molar-refractivity contribution in [3.05, 3.63) is 40.7 Å². The predicted octanol–water partition coefficient (Wildman–Crippen LogP) is 2.42. The van der Waals surface area contributed by atoms with Crippen LogP contribution in [0.1, 0.15) is 24.1 Å². The van der Waals surface area contributed by atoms with Crippen molar-refractivity contribution >= 4 is 33.2 Å². The molecule has 1 aromatic heterocycles. The van der Waals surface area contributed by atoms with Crippen molar-refractivity contribution in [2.75, 3.05) is 12.4 Å². The number of halogens is 1. The van der Waals surface area contributed by atoms with Crippen LogP contribution in [0.5, 0.6) is 0 Å². The van der Waals surface area contributed by atoms with E-state index in [0.717, 1.165) is 9.87 Å². The number of sulfonamides is 1. The molecule has 0 radical (unpaired) electrons. The van der Waals surface area contributed by atoms with Crippen LogP contribution in [-0.4, -0.2) is 30.8 Å². The molecule has 0 bridgehead atoms. The van der Waals surface area contributed by atoms with Crippen LogP contribution in [0.4, 0.5) is 5.69 Å². The quantitative estimate of drug-likeness (QED) is 0.893. The SMILES string of the molecule is CN(Cc1ccon1)S(=O)(=O)c1cc2c(cc1Cl)CCCC(=O)N2. The molecule has 1 aliphatic rings. The third-order valence-electron chi connectivity index (χ3n) is 3.85. The van der Waals surface area contributed by atoms with Crippen molar-refractivity contribution in [3.8, 4) is 0 Å². The number of aromatic nitrogens is 1. The molecule has 1 aromatic carbocycles. The van der Waals surface area contributed by atoms with E-state index < -0.39 is 10.0 Å². The van der Waals surface area contributed by atoms with Crippen LogP contribution in [0.25, 0.3) is 0 Å². The van der Waals surface area contributed by atoms with Crippen molar-refractivity contribution in [2.24, 2.45) is 0 Å². The number of fused-ring (bicyclic) bond motifs is 1. The van der Waals surface area contributed by atoms with Gasteiger partial charge in [0.15, 0.2) is 0 Å². The molecule has 0 saturated carbocycles. The van der Waals surface area contributed by atoms with Gasteiger partial charge in [-0.05, 0) is 30.5 Å². The van der Waals surface area contributed by atoms with Gasteiger partial charge >= 0.3 is 0 Å². The number of hydrogen-bond acceptors (Lipinski definition) is 5. The van der Waals surface area contributed by atoms with Crippen LogP contribution in [-0.2, 0) is 27.8 Å². The summed E-state index contributed by atoms with van der Waals surface area (Å²) in [4.78, 5) is 11.7. The molecule has 24 heavy (non-hydrogen) atoms. The number of nitrogens with zero attached hydrogens (tertiary/aromatic N) is 2. The van der Waals surface area contributed by atoms with Crippen molar-refractivity contribution in [2.45, 2.75) is 30.7 Å². The summed E-state index contributed by atoms with van der Waals surface area (Å²) in [6.45, 7) is 0.0542. The van der Waals surface area contributed by atoms with Crippen molar-refractivity contribution in [3.63, 3.8) is 0 Å². The molecule has 0 unspecified atom stereocenters. The minimum Gasteiger partial charge on any atom is -0.364 e. The van der Waals surface area contributed by atoms with Gasteiger partial charge in [0, 0.05) is 25.2 Å². The average molecular weight is 370 g/mol. The summed E-state index contributed by atoms with van der Waals surface area (Å²) >= 11 is 6.21. The zero-order chi connectivity index (χ0) is 17.3. The average Bonchev–Trinajstić information content (AvgIpc) is 2.95.